The van der Waals surface area contributed by atoms with Gasteiger partial charge in [-0.3, -0.25) is 0 Å². The van der Waals surface area contributed by atoms with Crippen molar-refractivity contribution in [1.82, 2.24) is 5.32 Å². The molecule has 0 radical (unpaired) electrons. The Balaban J connectivity index is 1.98. The summed E-state index contributed by atoms with van der Waals surface area (Å²) < 4.78 is 0. The molecule has 2 rings (SSSR count). The first-order valence-electron chi connectivity index (χ1n) is 7.09. The van der Waals surface area contributed by atoms with Crippen molar-refractivity contribution in [2.24, 2.45) is 5.92 Å². The molecular formula is C15H23ClN2O. The number of nitrogens with one attached hydrogen (secondary N) is 1. The van der Waals surface area contributed by atoms with Gasteiger partial charge in [-0.2, -0.15) is 0 Å². The first kappa shape index (κ1) is 14.6. The first-order valence-corrected chi connectivity index (χ1v) is 7.47. The number of hydrogen-bond acceptors (Lipinski definition) is 3. The Hall–Kier alpha value is -0.770. The van der Waals surface area contributed by atoms with Crippen molar-refractivity contribution in [2.75, 3.05) is 31.1 Å². The molecule has 19 heavy (non-hydrogen) atoms. The molecule has 106 valence electrons. The SMILES string of the molecule is CCCNCc1ccc(N2CCC(CO)C2)cc1Cl. The highest BCUT2D eigenvalue weighted by Gasteiger charge is 2.22. The molecule has 3 nitrogen and oxygen atoms in total. The molecule has 1 fully saturated rings. The zero-order valence-electron chi connectivity index (χ0n) is 11.5. The van der Waals surface area contributed by atoms with Crippen LogP contribution in [-0.4, -0.2) is 31.3 Å². The van der Waals surface area contributed by atoms with Gasteiger partial charge in [0.15, 0.2) is 0 Å². The van der Waals surface area contributed by atoms with Gasteiger partial charge in [-0.1, -0.05) is 24.6 Å². The summed E-state index contributed by atoms with van der Waals surface area (Å²) in [5.41, 5.74) is 2.32. The van der Waals surface area contributed by atoms with E-state index in [9.17, 15) is 5.11 Å². The number of hydrogen-bond donors (Lipinski definition) is 2. The van der Waals surface area contributed by atoms with Crippen LogP contribution in [0.25, 0.3) is 0 Å². The number of halogens is 1. The van der Waals surface area contributed by atoms with Crippen LogP contribution in [0.4, 0.5) is 5.69 Å². The molecule has 4 heteroatoms. The molecule has 0 bridgehead atoms. The lowest BCUT2D eigenvalue weighted by Crippen LogP contribution is -2.20. The summed E-state index contributed by atoms with van der Waals surface area (Å²) in [5.74, 6) is 0.407. The van der Waals surface area contributed by atoms with Gasteiger partial charge in [-0.15, -0.1) is 0 Å². The van der Waals surface area contributed by atoms with E-state index in [0.29, 0.717) is 5.92 Å². The Morgan fingerprint density at radius 3 is 2.95 bits per heavy atom. The normalized spacial score (nSPS) is 19.1. The second-order valence-electron chi connectivity index (χ2n) is 5.24. The monoisotopic (exact) mass is 282 g/mol. The molecule has 1 heterocycles. The van der Waals surface area contributed by atoms with E-state index in [1.807, 2.05) is 6.07 Å². The van der Waals surface area contributed by atoms with Gasteiger partial charge in [0.05, 0.1) is 0 Å². The van der Waals surface area contributed by atoms with Crippen LogP contribution in [0.3, 0.4) is 0 Å². The highest BCUT2D eigenvalue weighted by Crippen LogP contribution is 2.28. The van der Waals surface area contributed by atoms with Crippen LogP contribution in [0.5, 0.6) is 0 Å². The lowest BCUT2D eigenvalue weighted by Gasteiger charge is -2.19. The third-order valence-corrected chi connectivity index (χ3v) is 4.04. The molecule has 1 aromatic carbocycles. The summed E-state index contributed by atoms with van der Waals surface area (Å²) in [5, 5.41) is 13.4. The second kappa shape index (κ2) is 7.13. The minimum atomic E-state index is 0.281. The maximum absolute atomic E-state index is 9.19. The molecule has 0 saturated carbocycles. The fraction of sp³-hybridized carbons (Fsp3) is 0.600. The van der Waals surface area contributed by atoms with Crippen LogP contribution in [-0.2, 0) is 6.54 Å². The van der Waals surface area contributed by atoms with Crippen molar-refractivity contribution >= 4 is 17.3 Å². The third-order valence-electron chi connectivity index (χ3n) is 3.69. The van der Waals surface area contributed by atoms with E-state index in [0.717, 1.165) is 49.6 Å². The minimum absolute atomic E-state index is 0.281. The van der Waals surface area contributed by atoms with E-state index in [4.69, 9.17) is 11.6 Å². The summed E-state index contributed by atoms with van der Waals surface area (Å²) in [6, 6.07) is 6.28. The van der Waals surface area contributed by atoms with Crippen LogP contribution >= 0.6 is 11.6 Å². The minimum Gasteiger partial charge on any atom is -0.396 e. The van der Waals surface area contributed by atoms with Gasteiger partial charge < -0.3 is 15.3 Å². The molecule has 0 spiro atoms. The summed E-state index contributed by atoms with van der Waals surface area (Å²) in [6.45, 7) is 6.22. The maximum Gasteiger partial charge on any atom is 0.0476 e. The van der Waals surface area contributed by atoms with Gasteiger partial charge in [-0.25, -0.2) is 0 Å². The predicted molar refractivity (Wildman–Crippen MR) is 80.9 cm³/mol. The fourth-order valence-electron chi connectivity index (χ4n) is 2.49. The summed E-state index contributed by atoms with van der Waals surface area (Å²) >= 11 is 6.34. The largest absolute Gasteiger partial charge is 0.396 e. The second-order valence-corrected chi connectivity index (χ2v) is 5.64. The van der Waals surface area contributed by atoms with E-state index in [1.165, 1.54) is 5.69 Å². The number of benzene rings is 1. The Labute approximate surface area is 120 Å². The molecule has 0 amide bonds. The van der Waals surface area contributed by atoms with Gasteiger partial charge in [0.1, 0.15) is 0 Å². The molecule has 2 N–H and O–H groups in total. The van der Waals surface area contributed by atoms with Gasteiger partial charge >= 0.3 is 0 Å². The number of aliphatic hydroxyl groups is 1. The van der Waals surface area contributed by atoms with E-state index >= 15 is 0 Å². The lowest BCUT2D eigenvalue weighted by atomic mass is 10.1. The number of rotatable bonds is 6. The standard InChI is InChI=1S/C15H23ClN2O/c1-2-6-17-9-13-3-4-14(8-15(13)16)18-7-5-12(10-18)11-19/h3-4,8,12,17,19H,2,5-7,9-11H2,1H3. The van der Waals surface area contributed by atoms with E-state index in [1.54, 1.807) is 0 Å². The van der Waals surface area contributed by atoms with Crippen molar-refractivity contribution in [2.45, 2.75) is 26.3 Å². The number of anilines is 1. The Kier molecular flexibility index (Phi) is 5.49. The van der Waals surface area contributed by atoms with E-state index in [-0.39, 0.29) is 6.61 Å². The molecule has 0 aromatic heterocycles. The smallest absolute Gasteiger partial charge is 0.0476 e. The van der Waals surface area contributed by atoms with Crippen LogP contribution in [0, 0.1) is 5.92 Å². The van der Waals surface area contributed by atoms with Crippen LogP contribution in [0.15, 0.2) is 18.2 Å². The summed E-state index contributed by atoms with van der Waals surface area (Å²) in [7, 11) is 0. The van der Waals surface area contributed by atoms with Crippen molar-refractivity contribution in [3.63, 3.8) is 0 Å². The molecule has 1 aromatic rings. The lowest BCUT2D eigenvalue weighted by molar-refractivity contribution is 0.238. The molecule has 1 saturated heterocycles. The van der Waals surface area contributed by atoms with E-state index in [2.05, 4.69) is 29.3 Å². The van der Waals surface area contributed by atoms with Gasteiger partial charge in [0.25, 0.3) is 0 Å². The molecule has 1 atom stereocenters. The van der Waals surface area contributed by atoms with Crippen LogP contribution < -0.4 is 10.2 Å². The average molecular weight is 283 g/mol. The molecule has 1 unspecified atom stereocenters. The Morgan fingerprint density at radius 2 is 2.32 bits per heavy atom. The van der Waals surface area contributed by atoms with Crippen LogP contribution in [0.2, 0.25) is 5.02 Å². The summed E-state index contributed by atoms with van der Waals surface area (Å²) in [4.78, 5) is 2.30. The Morgan fingerprint density at radius 1 is 1.47 bits per heavy atom. The van der Waals surface area contributed by atoms with E-state index < -0.39 is 0 Å². The first-order chi connectivity index (χ1) is 9.24. The Bertz CT molecular complexity index is 411. The van der Waals surface area contributed by atoms with Crippen LogP contribution in [0.1, 0.15) is 25.3 Å². The molecule has 1 aliphatic rings. The maximum atomic E-state index is 9.19. The highest BCUT2D eigenvalue weighted by atomic mass is 35.5. The zero-order chi connectivity index (χ0) is 13.7. The molecule has 1 aliphatic heterocycles. The van der Waals surface area contributed by atoms with Gasteiger partial charge in [-0.05, 0) is 37.1 Å². The van der Waals surface area contributed by atoms with Crippen molar-refractivity contribution in [1.29, 1.82) is 0 Å². The number of nitrogens with zero attached hydrogens (tertiary/aromatic N) is 1. The third kappa shape index (κ3) is 3.85. The van der Waals surface area contributed by atoms with Crippen molar-refractivity contribution < 1.29 is 5.11 Å². The van der Waals surface area contributed by atoms with Gasteiger partial charge in [0, 0.05) is 42.9 Å². The predicted octanol–water partition coefficient (Wildman–Crippen LogP) is 2.66. The quantitative estimate of drug-likeness (QED) is 0.788. The molecular weight excluding hydrogens is 260 g/mol. The summed E-state index contributed by atoms with van der Waals surface area (Å²) in [6.07, 6.45) is 2.19. The fourth-order valence-corrected chi connectivity index (χ4v) is 2.73. The average Bonchev–Trinajstić information content (AvgIpc) is 2.89. The number of aliphatic hydroxyl groups excluding tert-OH is 1. The zero-order valence-corrected chi connectivity index (χ0v) is 12.3. The molecule has 0 aliphatic carbocycles. The van der Waals surface area contributed by atoms with Crippen molar-refractivity contribution in [3.05, 3.63) is 28.8 Å². The highest BCUT2D eigenvalue weighted by molar-refractivity contribution is 6.31. The van der Waals surface area contributed by atoms with Gasteiger partial charge in [0.2, 0.25) is 0 Å². The van der Waals surface area contributed by atoms with Crippen molar-refractivity contribution in [3.8, 4) is 0 Å². The topological polar surface area (TPSA) is 35.5 Å².